The van der Waals surface area contributed by atoms with Crippen molar-refractivity contribution in [2.75, 3.05) is 12.4 Å². The Morgan fingerprint density at radius 2 is 1.87 bits per heavy atom. The summed E-state index contributed by atoms with van der Waals surface area (Å²) in [6, 6.07) is 12.9. The van der Waals surface area contributed by atoms with Gasteiger partial charge in [-0.25, -0.2) is 4.39 Å². The van der Waals surface area contributed by atoms with E-state index in [1.54, 1.807) is 49.4 Å². The van der Waals surface area contributed by atoms with Crippen LogP contribution in [-0.4, -0.2) is 25.9 Å². The Morgan fingerprint density at radius 3 is 2.48 bits per heavy atom. The summed E-state index contributed by atoms with van der Waals surface area (Å²) < 4.78 is 42.9. The summed E-state index contributed by atoms with van der Waals surface area (Å²) >= 11 is 0. The molecule has 0 saturated heterocycles. The van der Waals surface area contributed by atoms with E-state index >= 15 is 0 Å². The Bertz CT molecular complexity index is 744. The topological polar surface area (TPSA) is 63.6 Å². The van der Waals surface area contributed by atoms with E-state index in [2.05, 4.69) is 0 Å². The van der Waals surface area contributed by atoms with Crippen molar-refractivity contribution in [3.05, 3.63) is 65.5 Å². The Balaban J connectivity index is 2.05. The van der Waals surface area contributed by atoms with E-state index in [-0.39, 0.29) is 24.5 Å². The first kappa shape index (κ1) is 17.4. The maximum absolute atomic E-state index is 14.0. The standard InChI is InChI=1S/C17H19FO4S/c1-13-7-8-16(17(18)11-13)14(12-19)9-10-23(20,21)22-15-5-3-2-4-6-15/h2-8,11,14,19H,9-10,12H2,1H3. The molecule has 2 aromatic carbocycles. The fourth-order valence-electron chi connectivity index (χ4n) is 2.26. The molecular weight excluding hydrogens is 319 g/mol. The average Bonchev–Trinajstić information content (AvgIpc) is 2.50. The van der Waals surface area contributed by atoms with Gasteiger partial charge < -0.3 is 9.29 Å². The van der Waals surface area contributed by atoms with E-state index in [1.165, 1.54) is 6.07 Å². The van der Waals surface area contributed by atoms with E-state index in [1.807, 2.05) is 0 Å². The van der Waals surface area contributed by atoms with Crippen molar-refractivity contribution < 1.29 is 22.1 Å². The lowest BCUT2D eigenvalue weighted by Crippen LogP contribution is -2.18. The molecule has 0 amide bonds. The number of aliphatic hydroxyl groups is 1. The van der Waals surface area contributed by atoms with Crippen LogP contribution in [0.5, 0.6) is 5.75 Å². The van der Waals surface area contributed by atoms with Gasteiger partial charge in [0.1, 0.15) is 11.6 Å². The van der Waals surface area contributed by atoms with E-state index in [0.29, 0.717) is 5.56 Å². The predicted octanol–water partition coefficient (Wildman–Crippen LogP) is 3.01. The van der Waals surface area contributed by atoms with Gasteiger partial charge in [-0.15, -0.1) is 0 Å². The van der Waals surface area contributed by atoms with Crippen molar-refractivity contribution in [2.45, 2.75) is 19.3 Å². The SMILES string of the molecule is Cc1ccc(C(CO)CCS(=O)(=O)Oc2ccccc2)c(F)c1. The molecule has 1 unspecified atom stereocenters. The summed E-state index contributed by atoms with van der Waals surface area (Å²) in [6.45, 7) is 1.43. The largest absolute Gasteiger partial charge is 0.396 e. The Kier molecular flexibility index (Phi) is 5.74. The van der Waals surface area contributed by atoms with Crippen LogP contribution in [0.2, 0.25) is 0 Å². The zero-order valence-electron chi connectivity index (χ0n) is 12.8. The first-order chi connectivity index (χ1) is 10.9. The molecule has 4 nitrogen and oxygen atoms in total. The molecule has 6 heteroatoms. The second-order valence-corrected chi connectivity index (χ2v) is 7.04. The van der Waals surface area contributed by atoms with Crippen LogP contribution in [0.15, 0.2) is 48.5 Å². The van der Waals surface area contributed by atoms with Crippen LogP contribution in [0.3, 0.4) is 0 Å². The number of hydrogen-bond donors (Lipinski definition) is 1. The van der Waals surface area contributed by atoms with Crippen molar-refractivity contribution >= 4 is 10.1 Å². The predicted molar refractivity (Wildman–Crippen MR) is 86.4 cm³/mol. The molecule has 23 heavy (non-hydrogen) atoms. The highest BCUT2D eigenvalue weighted by atomic mass is 32.2. The Labute approximate surface area is 135 Å². The smallest absolute Gasteiger partial charge is 0.309 e. The number of halogens is 1. The van der Waals surface area contributed by atoms with Crippen LogP contribution in [0.25, 0.3) is 0 Å². The second kappa shape index (κ2) is 7.57. The highest BCUT2D eigenvalue weighted by Gasteiger charge is 2.20. The summed E-state index contributed by atoms with van der Waals surface area (Å²) in [7, 11) is -3.80. The number of para-hydroxylation sites is 1. The zero-order valence-corrected chi connectivity index (χ0v) is 13.6. The van der Waals surface area contributed by atoms with Gasteiger partial charge in [-0.3, -0.25) is 0 Å². The number of aliphatic hydroxyl groups excluding tert-OH is 1. The molecule has 2 rings (SSSR count). The minimum absolute atomic E-state index is 0.0750. The molecule has 0 bridgehead atoms. The summed E-state index contributed by atoms with van der Waals surface area (Å²) in [4.78, 5) is 0. The van der Waals surface area contributed by atoms with Crippen LogP contribution < -0.4 is 4.18 Å². The Hall–Kier alpha value is -1.92. The number of rotatable bonds is 7. The van der Waals surface area contributed by atoms with Gasteiger partial charge in [0, 0.05) is 5.92 Å². The Morgan fingerprint density at radius 1 is 1.17 bits per heavy atom. The average molecular weight is 338 g/mol. The monoisotopic (exact) mass is 338 g/mol. The maximum Gasteiger partial charge on any atom is 0.309 e. The lowest BCUT2D eigenvalue weighted by Gasteiger charge is -2.16. The molecule has 124 valence electrons. The van der Waals surface area contributed by atoms with E-state index < -0.39 is 21.9 Å². The third-order valence-corrected chi connectivity index (χ3v) is 4.68. The molecule has 0 spiro atoms. The van der Waals surface area contributed by atoms with E-state index in [4.69, 9.17) is 4.18 Å². The van der Waals surface area contributed by atoms with Gasteiger partial charge in [0.25, 0.3) is 0 Å². The molecule has 1 N–H and O–H groups in total. The molecule has 0 radical (unpaired) electrons. The quantitative estimate of drug-likeness (QED) is 0.788. The first-order valence-electron chi connectivity index (χ1n) is 7.25. The molecule has 0 aliphatic heterocycles. The summed E-state index contributed by atoms with van der Waals surface area (Å²) in [5.41, 5.74) is 1.08. The molecule has 2 aromatic rings. The highest BCUT2D eigenvalue weighted by molar-refractivity contribution is 7.87. The van der Waals surface area contributed by atoms with Crippen LogP contribution in [0.1, 0.15) is 23.5 Å². The van der Waals surface area contributed by atoms with Gasteiger partial charge in [-0.05, 0) is 42.7 Å². The lowest BCUT2D eigenvalue weighted by atomic mass is 9.96. The minimum atomic E-state index is -3.80. The van der Waals surface area contributed by atoms with Gasteiger partial charge in [-0.2, -0.15) is 8.42 Å². The van der Waals surface area contributed by atoms with E-state index in [0.717, 1.165) is 5.56 Å². The maximum atomic E-state index is 14.0. The summed E-state index contributed by atoms with van der Waals surface area (Å²) in [5, 5.41) is 9.46. The van der Waals surface area contributed by atoms with Crippen molar-refractivity contribution in [3.63, 3.8) is 0 Å². The van der Waals surface area contributed by atoms with Crippen molar-refractivity contribution in [1.82, 2.24) is 0 Å². The zero-order chi connectivity index (χ0) is 16.9. The van der Waals surface area contributed by atoms with Gasteiger partial charge in [0.15, 0.2) is 0 Å². The van der Waals surface area contributed by atoms with Gasteiger partial charge in [0.05, 0.1) is 12.4 Å². The lowest BCUT2D eigenvalue weighted by molar-refractivity contribution is 0.259. The molecule has 0 aromatic heterocycles. The number of hydrogen-bond acceptors (Lipinski definition) is 4. The summed E-state index contributed by atoms with van der Waals surface area (Å²) in [6.07, 6.45) is 0.0750. The summed E-state index contributed by atoms with van der Waals surface area (Å²) in [5.74, 6) is -1.11. The second-order valence-electron chi connectivity index (χ2n) is 5.35. The third-order valence-electron chi connectivity index (χ3n) is 3.50. The highest BCUT2D eigenvalue weighted by Crippen LogP contribution is 2.24. The van der Waals surface area contributed by atoms with Crippen molar-refractivity contribution in [3.8, 4) is 5.75 Å². The normalized spacial score (nSPS) is 12.8. The van der Waals surface area contributed by atoms with Gasteiger partial charge >= 0.3 is 10.1 Å². The molecule has 0 fully saturated rings. The van der Waals surface area contributed by atoms with Crippen LogP contribution in [0, 0.1) is 12.7 Å². The first-order valence-corrected chi connectivity index (χ1v) is 8.83. The van der Waals surface area contributed by atoms with Gasteiger partial charge in [0.2, 0.25) is 0 Å². The molecule has 0 heterocycles. The van der Waals surface area contributed by atoms with Crippen molar-refractivity contribution in [2.24, 2.45) is 0 Å². The molecule has 0 aliphatic carbocycles. The fourth-order valence-corrected chi connectivity index (χ4v) is 3.32. The van der Waals surface area contributed by atoms with Crippen LogP contribution >= 0.6 is 0 Å². The molecular formula is C17H19FO4S. The van der Waals surface area contributed by atoms with Gasteiger partial charge in [-0.1, -0.05) is 30.3 Å². The third kappa shape index (κ3) is 5.04. The molecule has 1 atom stereocenters. The molecule has 0 aliphatic rings. The van der Waals surface area contributed by atoms with Crippen LogP contribution in [0.4, 0.5) is 4.39 Å². The number of aryl methyl sites for hydroxylation is 1. The molecule has 0 saturated carbocycles. The number of benzene rings is 2. The fraction of sp³-hybridized carbons (Fsp3) is 0.294. The minimum Gasteiger partial charge on any atom is -0.396 e. The van der Waals surface area contributed by atoms with Crippen molar-refractivity contribution in [1.29, 1.82) is 0 Å². The van der Waals surface area contributed by atoms with Crippen LogP contribution in [-0.2, 0) is 10.1 Å². The van der Waals surface area contributed by atoms with E-state index in [9.17, 15) is 17.9 Å².